The molecule has 0 spiro atoms. The Morgan fingerprint density at radius 1 is 0.442 bits per heavy atom. The summed E-state index contributed by atoms with van der Waals surface area (Å²) in [5, 5.41) is 6.58. The number of nitrogens with one attached hydrogen (secondary N) is 2. The van der Waals surface area contributed by atoms with Crippen LogP contribution in [0.2, 0.25) is 0 Å². The van der Waals surface area contributed by atoms with E-state index < -0.39 is 0 Å². The lowest BCUT2D eigenvalue weighted by molar-refractivity contribution is 0.0917. The first kappa shape index (κ1) is 28.9. The van der Waals surface area contributed by atoms with Gasteiger partial charge in [-0.15, -0.1) is 0 Å². The summed E-state index contributed by atoms with van der Waals surface area (Å²) in [6.07, 6.45) is 10.3. The molecule has 0 heterocycles. The van der Waals surface area contributed by atoms with Gasteiger partial charge in [-0.3, -0.25) is 9.59 Å². The van der Waals surface area contributed by atoms with Crippen LogP contribution in [0.1, 0.15) is 78.5 Å². The predicted molar refractivity (Wildman–Crippen MR) is 175 cm³/mol. The topological polar surface area (TPSA) is 58.2 Å². The molecule has 0 bridgehead atoms. The van der Waals surface area contributed by atoms with Gasteiger partial charge in [0.1, 0.15) is 0 Å². The van der Waals surface area contributed by atoms with E-state index in [9.17, 15) is 9.59 Å². The van der Waals surface area contributed by atoms with Crippen molar-refractivity contribution in [3.63, 3.8) is 0 Å². The van der Waals surface area contributed by atoms with Crippen molar-refractivity contribution >= 4 is 11.8 Å². The summed E-state index contributed by atoms with van der Waals surface area (Å²) in [4.78, 5) is 25.8. The van der Waals surface area contributed by atoms with Crippen LogP contribution in [0, 0.1) is 11.8 Å². The minimum absolute atomic E-state index is 0.0376. The van der Waals surface area contributed by atoms with Gasteiger partial charge in [-0.25, -0.2) is 0 Å². The second-order valence-corrected chi connectivity index (χ2v) is 12.5. The number of hydrogen-bond acceptors (Lipinski definition) is 2. The molecule has 0 saturated heterocycles. The smallest absolute Gasteiger partial charge is 0.251 e. The van der Waals surface area contributed by atoms with Crippen molar-refractivity contribution in [2.24, 2.45) is 11.8 Å². The van der Waals surface area contributed by atoms with Gasteiger partial charge in [0.25, 0.3) is 11.8 Å². The van der Waals surface area contributed by atoms with E-state index in [0.717, 1.165) is 70.9 Å². The molecule has 2 aliphatic carbocycles. The molecule has 4 aromatic carbocycles. The van der Waals surface area contributed by atoms with Gasteiger partial charge in [0.15, 0.2) is 0 Å². The lowest BCUT2D eigenvalue weighted by Crippen LogP contribution is -2.39. The molecule has 43 heavy (non-hydrogen) atoms. The summed E-state index contributed by atoms with van der Waals surface area (Å²) >= 11 is 0. The largest absolute Gasteiger partial charge is 0.349 e. The van der Waals surface area contributed by atoms with Crippen molar-refractivity contribution in [1.29, 1.82) is 0 Å². The Morgan fingerprint density at radius 3 is 1.12 bits per heavy atom. The van der Waals surface area contributed by atoms with Crippen molar-refractivity contribution in [3.8, 4) is 22.3 Å². The Balaban J connectivity index is 0.895. The molecule has 0 atom stereocenters. The van der Waals surface area contributed by atoms with Gasteiger partial charge in [-0.1, -0.05) is 84.9 Å². The average molecular weight is 571 g/mol. The number of rotatable bonds is 8. The Bertz CT molecular complexity index is 1350. The predicted octanol–water partition coefficient (Wildman–Crippen LogP) is 8.69. The molecule has 2 aliphatic rings. The molecule has 0 aromatic heterocycles. The Labute approximate surface area is 255 Å². The molecule has 0 aliphatic heterocycles. The summed E-state index contributed by atoms with van der Waals surface area (Å²) < 4.78 is 0. The van der Waals surface area contributed by atoms with E-state index in [1.807, 2.05) is 84.9 Å². The third-order valence-electron chi connectivity index (χ3n) is 9.54. The van der Waals surface area contributed by atoms with Crippen LogP contribution >= 0.6 is 0 Å². The summed E-state index contributed by atoms with van der Waals surface area (Å²) in [5.74, 6) is 1.57. The first-order chi connectivity index (χ1) is 21.1. The van der Waals surface area contributed by atoms with Crippen molar-refractivity contribution in [2.45, 2.75) is 69.9 Å². The van der Waals surface area contributed by atoms with E-state index in [4.69, 9.17) is 0 Å². The quantitative estimate of drug-likeness (QED) is 0.223. The van der Waals surface area contributed by atoms with Gasteiger partial charge < -0.3 is 10.6 Å². The fraction of sp³-hybridized carbons (Fsp3) is 0.333. The maximum absolute atomic E-state index is 12.9. The first-order valence-electron chi connectivity index (χ1n) is 16.0. The van der Waals surface area contributed by atoms with Crippen LogP contribution in [0.4, 0.5) is 0 Å². The van der Waals surface area contributed by atoms with Crippen LogP contribution in [0.5, 0.6) is 0 Å². The maximum Gasteiger partial charge on any atom is 0.251 e. The molecule has 0 unspecified atom stereocenters. The fourth-order valence-electron chi connectivity index (χ4n) is 6.98. The zero-order valence-electron chi connectivity index (χ0n) is 24.9. The van der Waals surface area contributed by atoms with E-state index in [-0.39, 0.29) is 23.9 Å². The van der Waals surface area contributed by atoms with Crippen LogP contribution in [-0.4, -0.2) is 23.9 Å². The molecule has 2 saturated carbocycles. The van der Waals surface area contributed by atoms with E-state index in [1.165, 1.54) is 32.1 Å². The standard InChI is InChI=1S/C39H42N2O2/c42-38(34-19-15-32(16-20-34)30-7-3-1-4-8-30)40-36-23-11-28(12-24-36)27-29-13-25-37(26-14-29)41-39(43)35-21-17-33(18-22-35)31-9-5-2-6-10-31/h1-10,15-22,28-29,36-37H,11-14,23-27H2,(H,40,42)(H,41,43). The van der Waals surface area contributed by atoms with Crippen molar-refractivity contribution < 1.29 is 9.59 Å². The zero-order chi connectivity index (χ0) is 29.4. The number of carbonyl (C=O) groups is 2. The molecule has 2 amide bonds. The maximum atomic E-state index is 12.9. The van der Waals surface area contributed by atoms with Crippen LogP contribution < -0.4 is 10.6 Å². The van der Waals surface area contributed by atoms with Gasteiger partial charge in [0.2, 0.25) is 0 Å². The highest BCUT2D eigenvalue weighted by atomic mass is 16.2. The molecule has 4 heteroatoms. The lowest BCUT2D eigenvalue weighted by Gasteiger charge is -2.34. The number of hydrogen-bond donors (Lipinski definition) is 2. The summed E-state index contributed by atoms with van der Waals surface area (Å²) in [5.41, 5.74) is 6.04. The normalized spacial score (nSPS) is 22.0. The first-order valence-corrected chi connectivity index (χ1v) is 16.0. The van der Waals surface area contributed by atoms with Crippen LogP contribution in [-0.2, 0) is 0 Å². The van der Waals surface area contributed by atoms with E-state index in [2.05, 4.69) is 34.9 Å². The molecule has 4 aromatic rings. The highest BCUT2D eigenvalue weighted by molar-refractivity contribution is 5.95. The van der Waals surface area contributed by atoms with Gasteiger partial charge >= 0.3 is 0 Å². The Hall–Kier alpha value is -4.18. The minimum Gasteiger partial charge on any atom is -0.349 e. The van der Waals surface area contributed by atoms with E-state index in [1.54, 1.807) is 0 Å². The fourth-order valence-corrected chi connectivity index (χ4v) is 6.98. The third kappa shape index (κ3) is 7.62. The van der Waals surface area contributed by atoms with Gasteiger partial charge in [-0.05, 0) is 116 Å². The van der Waals surface area contributed by atoms with E-state index >= 15 is 0 Å². The number of amides is 2. The second kappa shape index (κ2) is 13.9. The molecule has 0 radical (unpaired) electrons. The van der Waals surface area contributed by atoms with Gasteiger partial charge in [0.05, 0.1) is 0 Å². The highest BCUT2D eigenvalue weighted by Crippen LogP contribution is 2.35. The van der Waals surface area contributed by atoms with Crippen LogP contribution in [0.3, 0.4) is 0 Å². The number of benzene rings is 4. The van der Waals surface area contributed by atoms with Crippen LogP contribution in [0.25, 0.3) is 22.3 Å². The lowest BCUT2D eigenvalue weighted by atomic mass is 9.75. The zero-order valence-corrected chi connectivity index (χ0v) is 24.9. The summed E-state index contributed by atoms with van der Waals surface area (Å²) in [6, 6.07) is 36.9. The second-order valence-electron chi connectivity index (χ2n) is 12.5. The summed E-state index contributed by atoms with van der Waals surface area (Å²) in [7, 11) is 0. The highest BCUT2D eigenvalue weighted by Gasteiger charge is 2.28. The van der Waals surface area contributed by atoms with Crippen molar-refractivity contribution in [3.05, 3.63) is 120 Å². The molecule has 220 valence electrons. The third-order valence-corrected chi connectivity index (χ3v) is 9.54. The summed E-state index contributed by atoms with van der Waals surface area (Å²) in [6.45, 7) is 0. The van der Waals surface area contributed by atoms with Crippen molar-refractivity contribution in [2.75, 3.05) is 0 Å². The molecule has 2 N–H and O–H groups in total. The van der Waals surface area contributed by atoms with Gasteiger partial charge in [-0.2, -0.15) is 0 Å². The molecular formula is C39H42N2O2. The molecule has 4 nitrogen and oxygen atoms in total. The van der Waals surface area contributed by atoms with E-state index in [0.29, 0.717) is 0 Å². The minimum atomic E-state index is 0.0376. The Kier molecular flexibility index (Phi) is 9.32. The van der Waals surface area contributed by atoms with Gasteiger partial charge in [0, 0.05) is 23.2 Å². The SMILES string of the molecule is O=C(NC1CCC(CC2CCC(NC(=O)c3ccc(-c4ccccc4)cc3)CC2)CC1)c1ccc(-c2ccccc2)cc1. The Morgan fingerprint density at radius 2 is 0.767 bits per heavy atom. The van der Waals surface area contributed by atoms with Crippen LogP contribution in [0.15, 0.2) is 109 Å². The molecule has 6 rings (SSSR count). The molecule has 2 fully saturated rings. The average Bonchev–Trinajstić information content (AvgIpc) is 3.07. The van der Waals surface area contributed by atoms with Crippen molar-refractivity contribution in [1.82, 2.24) is 10.6 Å². The molecular weight excluding hydrogens is 528 g/mol. The monoisotopic (exact) mass is 570 g/mol. The number of carbonyl (C=O) groups excluding carboxylic acids is 2.